The molecule has 2 aromatic rings. The Morgan fingerprint density at radius 1 is 1.19 bits per heavy atom. The Morgan fingerprint density at radius 2 is 1.90 bits per heavy atom. The Morgan fingerprint density at radius 3 is 2.57 bits per heavy atom. The molecule has 0 saturated heterocycles. The monoisotopic (exact) mass is 350 g/mol. The fourth-order valence-electron chi connectivity index (χ4n) is 1.68. The van der Waals surface area contributed by atoms with Crippen LogP contribution in [-0.4, -0.2) is 19.6 Å². The summed E-state index contributed by atoms with van der Waals surface area (Å²) < 4.78 is 11.5. The van der Waals surface area contributed by atoms with E-state index in [1.54, 1.807) is 30.3 Å². The molecule has 3 N–H and O–H groups in total. The first-order chi connectivity index (χ1) is 10.1. The van der Waals surface area contributed by atoms with Crippen LogP contribution in [0.15, 0.2) is 46.9 Å². The first kappa shape index (κ1) is 15.2. The Labute approximate surface area is 131 Å². The van der Waals surface area contributed by atoms with E-state index in [0.29, 0.717) is 22.9 Å². The van der Waals surface area contributed by atoms with E-state index in [-0.39, 0.29) is 12.5 Å². The van der Waals surface area contributed by atoms with Gasteiger partial charge in [-0.3, -0.25) is 4.79 Å². The van der Waals surface area contributed by atoms with Crippen molar-refractivity contribution >= 4 is 33.2 Å². The molecule has 1 amide bonds. The van der Waals surface area contributed by atoms with Crippen molar-refractivity contribution in [2.24, 2.45) is 0 Å². The van der Waals surface area contributed by atoms with E-state index in [9.17, 15) is 4.79 Å². The molecule has 2 rings (SSSR count). The number of anilines is 2. The molecule has 5 nitrogen and oxygen atoms in total. The zero-order valence-corrected chi connectivity index (χ0v) is 13.0. The van der Waals surface area contributed by atoms with E-state index in [2.05, 4.69) is 21.2 Å². The highest BCUT2D eigenvalue weighted by Gasteiger charge is 2.08. The molecule has 0 aromatic heterocycles. The maximum atomic E-state index is 11.8. The minimum atomic E-state index is -0.262. The first-order valence-electron chi connectivity index (χ1n) is 6.20. The van der Waals surface area contributed by atoms with Gasteiger partial charge < -0.3 is 20.5 Å². The van der Waals surface area contributed by atoms with E-state index in [1.807, 2.05) is 12.1 Å². The second kappa shape index (κ2) is 6.99. The number of rotatable bonds is 5. The van der Waals surface area contributed by atoms with E-state index in [1.165, 1.54) is 7.11 Å². The first-order valence-corrected chi connectivity index (χ1v) is 6.99. The maximum Gasteiger partial charge on any atom is 0.262 e. The summed E-state index contributed by atoms with van der Waals surface area (Å²) in [5, 5.41) is 2.73. The van der Waals surface area contributed by atoms with E-state index in [4.69, 9.17) is 15.2 Å². The molecule has 0 atom stereocenters. The molecule has 0 aliphatic rings. The molecule has 0 saturated carbocycles. The molecule has 0 radical (unpaired) electrons. The summed E-state index contributed by atoms with van der Waals surface area (Å²) in [5.41, 5.74) is 6.93. The number of hydrogen-bond donors (Lipinski definition) is 2. The Kier molecular flexibility index (Phi) is 5.05. The molecule has 0 bridgehead atoms. The molecule has 0 unspecified atom stereocenters. The van der Waals surface area contributed by atoms with Crippen LogP contribution in [0.2, 0.25) is 0 Å². The second-order valence-corrected chi connectivity index (χ2v) is 5.17. The van der Waals surface area contributed by atoms with Crippen LogP contribution in [0, 0.1) is 0 Å². The van der Waals surface area contributed by atoms with Gasteiger partial charge >= 0.3 is 0 Å². The Balaban J connectivity index is 1.95. The van der Waals surface area contributed by atoms with Crippen molar-refractivity contribution in [2.75, 3.05) is 24.8 Å². The maximum absolute atomic E-state index is 11.8. The fraction of sp³-hybridized carbons (Fsp3) is 0.133. The average molecular weight is 351 g/mol. The number of nitrogen functional groups attached to an aromatic ring is 1. The average Bonchev–Trinajstić information content (AvgIpc) is 2.48. The van der Waals surface area contributed by atoms with Gasteiger partial charge in [-0.2, -0.15) is 0 Å². The van der Waals surface area contributed by atoms with Crippen LogP contribution in [0.3, 0.4) is 0 Å². The van der Waals surface area contributed by atoms with Gasteiger partial charge in [0.1, 0.15) is 0 Å². The van der Waals surface area contributed by atoms with Crippen molar-refractivity contribution < 1.29 is 14.3 Å². The van der Waals surface area contributed by atoms with Gasteiger partial charge in [0.25, 0.3) is 5.91 Å². The fourth-order valence-corrected chi connectivity index (χ4v) is 1.94. The summed E-state index contributed by atoms with van der Waals surface area (Å²) in [4.78, 5) is 11.8. The lowest BCUT2D eigenvalue weighted by molar-refractivity contribution is -0.118. The summed E-state index contributed by atoms with van der Waals surface area (Å²) in [7, 11) is 1.53. The SMILES string of the molecule is COc1ccc(N)cc1OCC(=O)Nc1ccc(Br)cc1. The highest BCUT2D eigenvalue weighted by molar-refractivity contribution is 9.10. The van der Waals surface area contributed by atoms with Crippen LogP contribution in [0.1, 0.15) is 0 Å². The van der Waals surface area contributed by atoms with Gasteiger partial charge in [-0.05, 0) is 36.4 Å². The second-order valence-electron chi connectivity index (χ2n) is 4.25. The van der Waals surface area contributed by atoms with Gasteiger partial charge in [0.05, 0.1) is 7.11 Å². The number of benzene rings is 2. The number of nitrogens with one attached hydrogen (secondary N) is 1. The number of nitrogens with two attached hydrogens (primary N) is 1. The molecule has 0 heterocycles. The third-order valence-corrected chi connectivity index (χ3v) is 3.20. The molecule has 6 heteroatoms. The minimum Gasteiger partial charge on any atom is -0.493 e. The van der Waals surface area contributed by atoms with Crippen molar-refractivity contribution in [3.05, 3.63) is 46.9 Å². The highest BCUT2D eigenvalue weighted by atomic mass is 79.9. The molecular weight excluding hydrogens is 336 g/mol. The van der Waals surface area contributed by atoms with Crippen molar-refractivity contribution in [3.8, 4) is 11.5 Å². The quantitative estimate of drug-likeness (QED) is 0.812. The standard InChI is InChI=1S/C15H15BrN2O3/c1-20-13-7-4-11(17)8-14(13)21-9-15(19)18-12-5-2-10(16)3-6-12/h2-8H,9,17H2,1H3,(H,18,19). The summed E-state index contributed by atoms with van der Waals surface area (Å²) >= 11 is 3.33. The van der Waals surface area contributed by atoms with Gasteiger partial charge in [0.15, 0.2) is 18.1 Å². The predicted molar refractivity (Wildman–Crippen MR) is 85.7 cm³/mol. The van der Waals surface area contributed by atoms with Gasteiger partial charge in [-0.15, -0.1) is 0 Å². The number of amides is 1. The van der Waals surface area contributed by atoms with E-state index < -0.39 is 0 Å². The van der Waals surface area contributed by atoms with Crippen LogP contribution in [0.5, 0.6) is 11.5 Å². The molecule has 110 valence electrons. The van der Waals surface area contributed by atoms with Crippen molar-refractivity contribution in [2.45, 2.75) is 0 Å². The van der Waals surface area contributed by atoms with Gasteiger partial charge in [-0.1, -0.05) is 15.9 Å². The number of carbonyl (C=O) groups excluding carboxylic acids is 1. The van der Waals surface area contributed by atoms with Crippen molar-refractivity contribution in [1.29, 1.82) is 0 Å². The number of ether oxygens (including phenoxy) is 2. The number of halogens is 1. The van der Waals surface area contributed by atoms with Gasteiger partial charge in [-0.25, -0.2) is 0 Å². The zero-order valence-electron chi connectivity index (χ0n) is 11.4. The lowest BCUT2D eigenvalue weighted by Crippen LogP contribution is -2.20. The molecule has 0 spiro atoms. The number of hydrogen-bond acceptors (Lipinski definition) is 4. The van der Waals surface area contributed by atoms with Crippen molar-refractivity contribution in [1.82, 2.24) is 0 Å². The molecule has 0 aliphatic heterocycles. The third-order valence-electron chi connectivity index (χ3n) is 2.67. The number of methoxy groups -OCH3 is 1. The normalized spacial score (nSPS) is 10.0. The molecule has 0 fully saturated rings. The van der Waals surface area contributed by atoms with E-state index >= 15 is 0 Å². The van der Waals surface area contributed by atoms with Crippen LogP contribution in [0.25, 0.3) is 0 Å². The topological polar surface area (TPSA) is 73.6 Å². The zero-order chi connectivity index (χ0) is 15.2. The highest BCUT2D eigenvalue weighted by Crippen LogP contribution is 2.28. The Hall–Kier alpha value is -2.21. The van der Waals surface area contributed by atoms with Crippen LogP contribution in [-0.2, 0) is 4.79 Å². The van der Waals surface area contributed by atoms with Crippen LogP contribution >= 0.6 is 15.9 Å². The molecule has 0 aliphatic carbocycles. The third kappa shape index (κ3) is 4.39. The minimum absolute atomic E-state index is 0.129. The van der Waals surface area contributed by atoms with E-state index in [0.717, 1.165) is 4.47 Å². The summed E-state index contributed by atoms with van der Waals surface area (Å²) in [6.07, 6.45) is 0. The number of carbonyl (C=O) groups is 1. The summed E-state index contributed by atoms with van der Waals surface area (Å²) in [6.45, 7) is -0.129. The van der Waals surface area contributed by atoms with Gasteiger partial charge in [0.2, 0.25) is 0 Å². The largest absolute Gasteiger partial charge is 0.493 e. The summed E-state index contributed by atoms with van der Waals surface area (Å²) in [5.74, 6) is 0.700. The Bertz CT molecular complexity index is 629. The van der Waals surface area contributed by atoms with Crippen molar-refractivity contribution in [3.63, 3.8) is 0 Å². The van der Waals surface area contributed by atoms with Crippen LogP contribution in [0.4, 0.5) is 11.4 Å². The molecule has 2 aromatic carbocycles. The summed E-state index contributed by atoms with van der Waals surface area (Å²) in [6, 6.07) is 12.3. The molecule has 21 heavy (non-hydrogen) atoms. The lowest BCUT2D eigenvalue weighted by atomic mass is 10.3. The lowest BCUT2D eigenvalue weighted by Gasteiger charge is -2.11. The van der Waals surface area contributed by atoms with Gasteiger partial charge in [0, 0.05) is 21.9 Å². The predicted octanol–water partition coefficient (Wildman–Crippen LogP) is 3.06. The molecular formula is C15H15BrN2O3. The van der Waals surface area contributed by atoms with Crippen LogP contribution < -0.4 is 20.5 Å². The smallest absolute Gasteiger partial charge is 0.262 e.